The predicted molar refractivity (Wildman–Crippen MR) is 92.3 cm³/mol. The number of aliphatic carboxylic acids is 1. The Kier molecular flexibility index (Phi) is 6.37. The third-order valence-electron chi connectivity index (χ3n) is 3.62. The molecule has 0 saturated carbocycles. The zero-order valence-electron chi connectivity index (χ0n) is 13.6. The number of rotatable bonds is 8. The first kappa shape index (κ1) is 17.5. The fraction of sp³-hybridized carbons (Fsp3) is 0.263. The van der Waals surface area contributed by atoms with Gasteiger partial charge in [-0.15, -0.1) is 0 Å². The topological polar surface area (TPSA) is 75.6 Å². The summed E-state index contributed by atoms with van der Waals surface area (Å²) in [4.78, 5) is 22.6. The molecule has 0 heterocycles. The molecule has 0 aliphatic rings. The van der Waals surface area contributed by atoms with E-state index in [4.69, 9.17) is 9.84 Å². The lowest BCUT2D eigenvalue weighted by Gasteiger charge is -2.07. The summed E-state index contributed by atoms with van der Waals surface area (Å²) in [7, 11) is 1.63. The average Bonchev–Trinajstić information content (AvgIpc) is 2.57. The summed E-state index contributed by atoms with van der Waals surface area (Å²) >= 11 is 0. The number of benzene rings is 2. The summed E-state index contributed by atoms with van der Waals surface area (Å²) in [5, 5.41) is 11.5. The molecule has 0 spiro atoms. The van der Waals surface area contributed by atoms with E-state index in [9.17, 15) is 9.59 Å². The number of carbonyl (C=O) groups is 2. The fourth-order valence-electron chi connectivity index (χ4n) is 2.35. The van der Waals surface area contributed by atoms with Crippen molar-refractivity contribution in [1.82, 2.24) is 0 Å². The van der Waals surface area contributed by atoms with Crippen molar-refractivity contribution in [3.63, 3.8) is 0 Å². The van der Waals surface area contributed by atoms with E-state index >= 15 is 0 Å². The van der Waals surface area contributed by atoms with Crippen LogP contribution in [0.25, 0.3) is 0 Å². The van der Waals surface area contributed by atoms with Gasteiger partial charge >= 0.3 is 5.97 Å². The van der Waals surface area contributed by atoms with Gasteiger partial charge in [-0.2, -0.15) is 0 Å². The molecule has 126 valence electrons. The van der Waals surface area contributed by atoms with E-state index in [0.717, 1.165) is 18.6 Å². The second-order valence-corrected chi connectivity index (χ2v) is 5.52. The first-order valence-electron chi connectivity index (χ1n) is 7.80. The van der Waals surface area contributed by atoms with E-state index in [-0.39, 0.29) is 12.3 Å². The maximum absolute atomic E-state index is 11.9. The van der Waals surface area contributed by atoms with Gasteiger partial charge in [-0.1, -0.05) is 24.3 Å². The molecule has 0 aromatic heterocycles. The van der Waals surface area contributed by atoms with Crippen LogP contribution in [0.5, 0.6) is 5.75 Å². The molecular weight excluding hydrogens is 306 g/mol. The van der Waals surface area contributed by atoms with Gasteiger partial charge in [-0.25, -0.2) is 0 Å². The standard InChI is InChI=1S/C19H21NO4/c1-24-17-11-7-14(8-12-17)3-2-4-18(21)20-16-9-5-15(6-10-16)13-19(22)23/h5-12H,2-4,13H2,1H3,(H,20,21)(H,22,23). The van der Waals surface area contributed by atoms with Crippen LogP contribution in [0.15, 0.2) is 48.5 Å². The van der Waals surface area contributed by atoms with Gasteiger partial charge in [0, 0.05) is 12.1 Å². The van der Waals surface area contributed by atoms with Gasteiger partial charge in [0.05, 0.1) is 13.5 Å². The molecule has 2 N–H and O–H groups in total. The third kappa shape index (κ3) is 5.76. The molecule has 24 heavy (non-hydrogen) atoms. The molecule has 0 radical (unpaired) electrons. The molecule has 0 fully saturated rings. The van der Waals surface area contributed by atoms with Gasteiger partial charge in [-0.05, 0) is 48.2 Å². The fourth-order valence-corrected chi connectivity index (χ4v) is 2.35. The molecule has 0 unspecified atom stereocenters. The highest BCUT2D eigenvalue weighted by Gasteiger charge is 2.04. The van der Waals surface area contributed by atoms with Gasteiger partial charge in [0.15, 0.2) is 0 Å². The number of methoxy groups -OCH3 is 1. The van der Waals surface area contributed by atoms with E-state index in [1.165, 1.54) is 5.56 Å². The van der Waals surface area contributed by atoms with Crippen molar-refractivity contribution in [2.75, 3.05) is 12.4 Å². The number of hydrogen-bond donors (Lipinski definition) is 2. The molecule has 0 saturated heterocycles. The molecule has 5 heteroatoms. The summed E-state index contributed by atoms with van der Waals surface area (Å²) in [6.07, 6.45) is 2.00. The number of aryl methyl sites for hydroxylation is 1. The number of carboxylic acid groups (broad SMARTS) is 1. The maximum Gasteiger partial charge on any atom is 0.307 e. The minimum atomic E-state index is -0.870. The smallest absolute Gasteiger partial charge is 0.307 e. The summed E-state index contributed by atoms with van der Waals surface area (Å²) in [6, 6.07) is 14.7. The van der Waals surface area contributed by atoms with Crippen LogP contribution < -0.4 is 10.1 Å². The molecule has 2 aromatic rings. The van der Waals surface area contributed by atoms with E-state index in [1.807, 2.05) is 24.3 Å². The van der Waals surface area contributed by atoms with Crippen LogP contribution in [-0.2, 0) is 22.4 Å². The molecule has 0 bridgehead atoms. The lowest BCUT2D eigenvalue weighted by Crippen LogP contribution is -2.11. The number of anilines is 1. The molecule has 2 rings (SSSR count). The zero-order chi connectivity index (χ0) is 17.4. The lowest BCUT2D eigenvalue weighted by atomic mass is 10.1. The van der Waals surface area contributed by atoms with E-state index in [0.29, 0.717) is 17.7 Å². The van der Waals surface area contributed by atoms with E-state index in [1.54, 1.807) is 31.4 Å². The minimum Gasteiger partial charge on any atom is -0.497 e. The maximum atomic E-state index is 11.9. The summed E-state index contributed by atoms with van der Waals surface area (Å²) in [5.41, 5.74) is 2.56. The van der Waals surface area contributed by atoms with Gasteiger partial charge < -0.3 is 15.2 Å². The van der Waals surface area contributed by atoms with Crippen molar-refractivity contribution in [1.29, 1.82) is 0 Å². The van der Waals surface area contributed by atoms with Crippen molar-refractivity contribution >= 4 is 17.6 Å². The van der Waals surface area contributed by atoms with Crippen LogP contribution in [0.1, 0.15) is 24.0 Å². The Hall–Kier alpha value is -2.82. The Morgan fingerprint density at radius 2 is 1.62 bits per heavy atom. The molecule has 5 nitrogen and oxygen atoms in total. The summed E-state index contributed by atoms with van der Waals surface area (Å²) in [5.74, 6) is -0.0948. The monoisotopic (exact) mass is 327 g/mol. The van der Waals surface area contributed by atoms with Crippen molar-refractivity contribution < 1.29 is 19.4 Å². The van der Waals surface area contributed by atoms with Crippen LogP contribution in [-0.4, -0.2) is 24.1 Å². The molecular formula is C19H21NO4. The minimum absolute atomic E-state index is 0.0178. The second-order valence-electron chi connectivity index (χ2n) is 5.52. The molecule has 0 aliphatic heterocycles. The number of hydrogen-bond acceptors (Lipinski definition) is 3. The number of ether oxygens (including phenoxy) is 1. The summed E-state index contributed by atoms with van der Waals surface area (Å²) < 4.78 is 5.11. The largest absolute Gasteiger partial charge is 0.497 e. The third-order valence-corrected chi connectivity index (χ3v) is 3.62. The first-order valence-corrected chi connectivity index (χ1v) is 7.80. The van der Waals surface area contributed by atoms with Crippen LogP contribution in [0.3, 0.4) is 0 Å². The average molecular weight is 327 g/mol. The van der Waals surface area contributed by atoms with Crippen LogP contribution in [0.4, 0.5) is 5.69 Å². The lowest BCUT2D eigenvalue weighted by molar-refractivity contribution is -0.136. The predicted octanol–water partition coefficient (Wildman–Crippen LogP) is 3.28. The highest BCUT2D eigenvalue weighted by atomic mass is 16.5. The van der Waals surface area contributed by atoms with Gasteiger partial charge in [-0.3, -0.25) is 9.59 Å². The van der Waals surface area contributed by atoms with E-state index < -0.39 is 5.97 Å². The normalized spacial score (nSPS) is 10.2. The second kappa shape index (κ2) is 8.72. The Morgan fingerprint density at radius 3 is 2.21 bits per heavy atom. The Morgan fingerprint density at radius 1 is 1.00 bits per heavy atom. The Balaban J connectivity index is 1.75. The zero-order valence-corrected chi connectivity index (χ0v) is 13.6. The van der Waals surface area contributed by atoms with Crippen molar-refractivity contribution in [3.8, 4) is 5.75 Å². The van der Waals surface area contributed by atoms with Crippen LogP contribution in [0.2, 0.25) is 0 Å². The van der Waals surface area contributed by atoms with Crippen molar-refractivity contribution in [2.24, 2.45) is 0 Å². The number of carboxylic acids is 1. The first-order chi connectivity index (χ1) is 11.6. The van der Waals surface area contributed by atoms with Crippen LogP contribution in [0, 0.1) is 0 Å². The van der Waals surface area contributed by atoms with E-state index in [2.05, 4.69) is 5.32 Å². The highest BCUT2D eigenvalue weighted by Crippen LogP contribution is 2.14. The van der Waals surface area contributed by atoms with Gasteiger partial charge in [0.25, 0.3) is 0 Å². The number of carbonyl (C=O) groups excluding carboxylic acids is 1. The quantitative estimate of drug-likeness (QED) is 0.780. The Bertz CT molecular complexity index is 678. The van der Waals surface area contributed by atoms with Gasteiger partial charge in [0.1, 0.15) is 5.75 Å². The molecule has 2 aromatic carbocycles. The van der Waals surface area contributed by atoms with Crippen LogP contribution >= 0.6 is 0 Å². The molecule has 0 aliphatic carbocycles. The molecule has 1 amide bonds. The van der Waals surface area contributed by atoms with Crippen molar-refractivity contribution in [2.45, 2.75) is 25.7 Å². The Labute approximate surface area is 141 Å². The number of nitrogens with one attached hydrogen (secondary N) is 1. The SMILES string of the molecule is COc1ccc(CCCC(=O)Nc2ccc(CC(=O)O)cc2)cc1. The highest BCUT2D eigenvalue weighted by molar-refractivity contribution is 5.90. The number of amides is 1. The summed E-state index contributed by atoms with van der Waals surface area (Å²) in [6.45, 7) is 0. The molecule has 0 atom stereocenters. The van der Waals surface area contributed by atoms with Gasteiger partial charge in [0.2, 0.25) is 5.91 Å². The van der Waals surface area contributed by atoms with Crippen molar-refractivity contribution in [3.05, 3.63) is 59.7 Å².